The second-order valence-electron chi connectivity index (χ2n) is 7.30. The van der Waals surface area contributed by atoms with E-state index in [1.54, 1.807) is 10.9 Å². The lowest BCUT2D eigenvalue weighted by Gasteiger charge is -2.17. The Labute approximate surface area is 145 Å². The third-order valence-electron chi connectivity index (χ3n) is 3.78. The molecule has 1 heterocycles. The Balaban J connectivity index is 2.22. The van der Waals surface area contributed by atoms with Gasteiger partial charge in [-0.1, -0.05) is 51.1 Å². The van der Waals surface area contributed by atoms with Crippen LogP contribution < -0.4 is 4.72 Å². The highest BCUT2D eigenvalue weighted by Gasteiger charge is 2.30. The number of sulfonamides is 1. The van der Waals surface area contributed by atoms with E-state index >= 15 is 0 Å². The highest BCUT2D eigenvalue weighted by molar-refractivity contribution is 7.89. The molecule has 132 valence electrons. The largest absolute Gasteiger partial charge is 0.269 e. The molecule has 2 rings (SSSR count). The SMILES string of the molecule is CC(C)n1cc(S(=O)(=O)NCCc2ccccc2)c(C(C)(C)C)n1. The van der Waals surface area contributed by atoms with Crippen LogP contribution in [0.1, 0.15) is 51.9 Å². The van der Waals surface area contributed by atoms with Crippen molar-refractivity contribution in [1.29, 1.82) is 0 Å². The number of aromatic nitrogens is 2. The van der Waals surface area contributed by atoms with Gasteiger partial charge in [-0.2, -0.15) is 5.10 Å². The lowest BCUT2D eigenvalue weighted by atomic mass is 9.92. The molecule has 2 aromatic rings. The molecular formula is C18H27N3O2S. The Morgan fingerprint density at radius 1 is 1.17 bits per heavy atom. The first-order chi connectivity index (χ1) is 11.1. The van der Waals surface area contributed by atoms with Gasteiger partial charge in [-0.3, -0.25) is 4.68 Å². The van der Waals surface area contributed by atoms with Crippen LogP contribution in [0.4, 0.5) is 0 Å². The average molecular weight is 350 g/mol. The van der Waals surface area contributed by atoms with Crippen molar-refractivity contribution in [2.24, 2.45) is 0 Å². The van der Waals surface area contributed by atoms with Gasteiger partial charge in [0, 0.05) is 24.2 Å². The van der Waals surface area contributed by atoms with Gasteiger partial charge in [-0.15, -0.1) is 0 Å². The van der Waals surface area contributed by atoms with E-state index in [1.165, 1.54) is 0 Å². The molecule has 1 N–H and O–H groups in total. The fraction of sp³-hybridized carbons (Fsp3) is 0.500. The van der Waals surface area contributed by atoms with E-state index in [0.717, 1.165) is 5.56 Å². The molecule has 0 aliphatic rings. The van der Waals surface area contributed by atoms with Crippen molar-refractivity contribution in [3.8, 4) is 0 Å². The third kappa shape index (κ3) is 4.45. The Morgan fingerprint density at radius 3 is 2.33 bits per heavy atom. The van der Waals surface area contributed by atoms with Crippen molar-refractivity contribution in [2.75, 3.05) is 6.54 Å². The van der Waals surface area contributed by atoms with Crippen molar-refractivity contribution in [3.63, 3.8) is 0 Å². The molecule has 0 saturated carbocycles. The van der Waals surface area contributed by atoms with Crippen LogP contribution >= 0.6 is 0 Å². The van der Waals surface area contributed by atoms with E-state index < -0.39 is 10.0 Å². The zero-order valence-electron chi connectivity index (χ0n) is 15.1. The zero-order valence-corrected chi connectivity index (χ0v) is 15.9. The Bertz CT molecular complexity index is 772. The summed E-state index contributed by atoms with van der Waals surface area (Å²) in [6.07, 6.45) is 2.29. The minimum atomic E-state index is -3.59. The first kappa shape index (κ1) is 18.7. The van der Waals surface area contributed by atoms with Crippen LogP contribution in [-0.4, -0.2) is 24.7 Å². The lowest BCUT2D eigenvalue weighted by Crippen LogP contribution is -2.28. The highest BCUT2D eigenvalue weighted by atomic mass is 32.2. The number of benzene rings is 1. The van der Waals surface area contributed by atoms with Gasteiger partial charge in [0.1, 0.15) is 4.90 Å². The highest BCUT2D eigenvalue weighted by Crippen LogP contribution is 2.28. The minimum absolute atomic E-state index is 0.111. The van der Waals surface area contributed by atoms with Gasteiger partial charge in [0.15, 0.2) is 0 Å². The van der Waals surface area contributed by atoms with E-state index in [0.29, 0.717) is 18.7 Å². The molecular weight excluding hydrogens is 322 g/mol. The molecule has 0 radical (unpaired) electrons. The number of rotatable bonds is 6. The smallest absolute Gasteiger partial charge is 0.244 e. The number of nitrogens with zero attached hydrogens (tertiary/aromatic N) is 2. The van der Waals surface area contributed by atoms with E-state index in [9.17, 15) is 8.42 Å². The molecule has 0 fully saturated rings. The number of hydrogen-bond donors (Lipinski definition) is 1. The van der Waals surface area contributed by atoms with Gasteiger partial charge in [-0.05, 0) is 25.8 Å². The summed E-state index contributed by atoms with van der Waals surface area (Å²) in [7, 11) is -3.59. The van der Waals surface area contributed by atoms with Crippen LogP contribution in [0.25, 0.3) is 0 Å². The van der Waals surface area contributed by atoms with Crippen LogP contribution in [0.15, 0.2) is 41.4 Å². The average Bonchev–Trinajstić information content (AvgIpc) is 2.94. The maximum absolute atomic E-state index is 12.8. The van der Waals surface area contributed by atoms with E-state index in [2.05, 4.69) is 9.82 Å². The van der Waals surface area contributed by atoms with Gasteiger partial charge >= 0.3 is 0 Å². The quantitative estimate of drug-likeness (QED) is 0.870. The maximum atomic E-state index is 12.8. The monoisotopic (exact) mass is 349 g/mol. The summed E-state index contributed by atoms with van der Waals surface area (Å²) in [5.41, 5.74) is 1.36. The molecule has 0 amide bonds. The predicted octanol–water partition coefficient (Wildman–Crippen LogP) is 3.28. The molecule has 0 atom stereocenters. The lowest BCUT2D eigenvalue weighted by molar-refractivity contribution is 0.493. The van der Waals surface area contributed by atoms with Crippen molar-refractivity contribution in [1.82, 2.24) is 14.5 Å². The van der Waals surface area contributed by atoms with Gasteiger partial charge in [0.2, 0.25) is 10.0 Å². The number of hydrogen-bond acceptors (Lipinski definition) is 3. The summed E-state index contributed by atoms with van der Waals surface area (Å²) in [6.45, 7) is 10.3. The third-order valence-corrected chi connectivity index (χ3v) is 5.24. The summed E-state index contributed by atoms with van der Waals surface area (Å²) >= 11 is 0. The molecule has 0 aliphatic carbocycles. The summed E-state index contributed by atoms with van der Waals surface area (Å²) in [5, 5.41) is 4.51. The molecule has 0 unspecified atom stereocenters. The predicted molar refractivity (Wildman–Crippen MR) is 96.6 cm³/mol. The first-order valence-corrected chi connectivity index (χ1v) is 9.73. The van der Waals surface area contributed by atoms with Crippen LogP contribution in [0.5, 0.6) is 0 Å². The number of nitrogens with one attached hydrogen (secondary N) is 1. The van der Waals surface area contributed by atoms with Gasteiger partial charge in [-0.25, -0.2) is 13.1 Å². The minimum Gasteiger partial charge on any atom is -0.269 e. The summed E-state index contributed by atoms with van der Waals surface area (Å²) in [6, 6.07) is 9.95. The zero-order chi connectivity index (χ0) is 18.0. The second kappa shape index (κ2) is 7.07. The maximum Gasteiger partial charge on any atom is 0.244 e. The molecule has 0 aliphatic heterocycles. The van der Waals surface area contributed by atoms with Crippen molar-refractivity contribution in [2.45, 2.75) is 57.4 Å². The normalized spacial score (nSPS) is 12.8. The van der Waals surface area contributed by atoms with Crippen LogP contribution in [0, 0.1) is 0 Å². The van der Waals surface area contributed by atoms with Crippen LogP contribution in [-0.2, 0) is 21.9 Å². The summed E-state index contributed by atoms with van der Waals surface area (Å²) < 4.78 is 29.9. The topological polar surface area (TPSA) is 64.0 Å². The molecule has 24 heavy (non-hydrogen) atoms. The molecule has 1 aromatic carbocycles. The van der Waals surface area contributed by atoms with Crippen LogP contribution in [0.3, 0.4) is 0 Å². The first-order valence-electron chi connectivity index (χ1n) is 8.24. The van der Waals surface area contributed by atoms with E-state index in [4.69, 9.17) is 0 Å². The molecule has 6 heteroatoms. The molecule has 0 spiro atoms. The van der Waals surface area contributed by atoms with Crippen molar-refractivity contribution < 1.29 is 8.42 Å². The fourth-order valence-corrected chi connectivity index (χ4v) is 3.78. The molecule has 0 saturated heterocycles. The Kier molecular flexibility index (Phi) is 5.50. The molecule has 0 bridgehead atoms. The Morgan fingerprint density at radius 2 is 1.79 bits per heavy atom. The Hall–Kier alpha value is -1.66. The van der Waals surface area contributed by atoms with Crippen LogP contribution in [0.2, 0.25) is 0 Å². The van der Waals surface area contributed by atoms with E-state index in [1.807, 2.05) is 65.0 Å². The summed E-state index contributed by atoms with van der Waals surface area (Å²) in [5.74, 6) is 0. The summed E-state index contributed by atoms with van der Waals surface area (Å²) in [4.78, 5) is 0.275. The second-order valence-corrected chi connectivity index (χ2v) is 9.03. The molecule has 1 aromatic heterocycles. The van der Waals surface area contributed by atoms with Gasteiger partial charge in [0.25, 0.3) is 0 Å². The van der Waals surface area contributed by atoms with Crippen molar-refractivity contribution >= 4 is 10.0 Å². The molecule has 5 nitrogen and oxygen atoms in total. The van der Waals surface area contributed by atoms with E-state index in [-0.39, 0.29) is 16.4 Å². The van der Waals surface area contributed by atoms with Gasteiger partial charge < -0.3 is 0 Å². The van der Waals surface area contributed by atoms with Crippen molar-refractivity contribution in [3.05, 3.63) is 47.8 Å². The fourth-order valence-electron chi connectivity index (χ4n) is 2.41. The standard InChI is InChI=1S/C18H27N3O2S/c1-14(2)21-13-16(17(20-21)18(3,4)5)24(22,23)19-12-11-15-9-7-6-8-10-15/h6-10,13-14,19H,11-12H2,1-5H3. The van der Waals surface area contributed by atoms with Gasteiger partial charge in [0.05, 0.1) is 5.69 Å².